The first kappa shape index (κ1) is 19.2. The average molecular weight is 372 g/mol. The fourth-order valence-corrected chi connectivity index (χ4v) is 3.52. The zero-order valence-corrected chi connectivity index (χ0v) is 15.7. The normalized spacial score (nSPS) is 15.4. The maximum atomic E-state index is 14.2. The third-order valence-corrected chi connectivity index (χ3v) is 4.96. The zero-order valence-electron chi connectivity index (χ0n) is 15.7. The van der Waals surface area contributed by atoms with Gasteiger partial charge >= 0.3 is 0 Å². The maximum Gasteiger partial charge on any atom is 0.254 e. The van der Waals surface area contributed by atoms with Crippen molar-refractivity contribution < 1.29 is 18.7 Å². The number of hydrogen-bond acceptors (Lipinski definition) is 4. The molecule has 1 amide bonds. The molecule has 1 unspecified atom stereocenters. The number of amides is 1. The minimum absolute atomic E-state index is 0.0102. The number of nitrogens with one attached hydrogen (secondary N) is 1. The van der Waals surface area contributed by atoms with Crippen molar-refractivity contribution in [1.29, 1.82) is 0 Å². The fraction of sp³-hybridized carbons (Fsp3) is 0.381. The lowest BCUT2D eigenvalue weighted by Gasteiger charge is -2.29. The Morgan fingerprint density at radius 2 is 1.89 bits per heavy atom. The molecule has 1 aliphatic rings. The Kier molecular flexibility index (Phi) is 6.29. The summed E-state index contributed by atoms with van der Waals surface area (Å²) in [5.74, 6) is 0.142. The van der Waals surface area contributed by atoms with Crippen LogP contribution < -0.4 is 14.8 Å². The molecule has 1 saturated heterocycles. The van der Waals surface area contributed by atoms with Gasteiger partial charge in [-0.2, -0.15) is 0 Å². The van der Waals surface area contributed by atoms with Crippen LogP contribution in [0.15, 0.2) is 42.5 Å². The van der Waals surface area contributed by atoms with Crippen LogP contribution in [-0.2, 0) is 0 Å². The van der Waals surface area contributed by atoms with Gasteiger partial charge in [0.1, 0.15) is 17.3 Å². The van der Waals surface area contributed by atoms with Crippen LogP contribution in [0.2, 0.25) is 0 Å². The summed E-state index contributed by atoms with van der Waals surface area (Å²) in [6.07, 6.45) is 2.26. The Labute approximate surface area is 159 Å². The van der Waals surface area contributed by atoms with Crippen LogP contribution in [0.5, 0.6) is 11.5 Å². The van der Waals surface area contributed by atoms with E-state index in [0.717, 1.165) is 37.2 Å². The molecule has 144 valence electrons. The van der Waals surface area contributed by atoms with E-state index < -0.39 is 11.7 Å². The standard InChI is InChI=1S/C21H25FN2O3/c1-26-15-9-10-16(18(22)13-15)21(25)23-14-19(24-11-5-6-12-24)17-7-3-4-8-20(17)27-2/h3-4,7-10,13,19H,5-6,11-12,14H2,1-2H3,(H,23,25). The third kappa shape index (κ3) is 4.39. The lowest BCUT2D eigenvalue weighted by molar-refractivity contribution is 0.0933. The molecule has 3 rings (SSSR count). The highest BCUT2D eigenvalue weighted by Gasteiger charge is 2.26. The van der Waals surface area contributed by atoms with Gasteiger partial charge in [-0.05, 0) is 44.1 Å². The number of methoxy groups -OCH3 is 2. The largest absolute Gasteiger partial charge is 0.497 e. The lowest BCUT2D eigenvalue weighted by Crippen LogP contribution is -2.37. The van der Waals surface area contributed by atoms with Crippen molar-refractivity contribution in [3.05, 3.63) is 59.4 Å². The van der Waals surface area contributed by atoms with Gasteiger partial charge in [0.15, 0.2) is 0 Å². The average Bonchev–Trinajstić information content (AvgIpc) is 3.22. The second kappa shape index (κ2) is 8.86. The zero-order chi connectivity index (χ0) is 19.2. The Balaban J connectivity index is 1.77. The summed E-state index contributed by atoms with van der Waals surface area (Å²) >= 11 is 0. The quantitative estimate of drug-likeness (QED) is 0.809. The number of carbonyl (C=O) groups is 1. The van der Waals surface area contributed by atoms with Crippen LogP contribution in [0, 0.1) is 5.82 Å². The molecule has 1 aliphatic heterocycles. The Morgan fingerprint density at radius 3 is 2.56 bits per heavy atom. The summed E-state index contributed by atoms with van der Waals surface area (Å²) in [6.45, 7) is 2.32. The van der Waals surface area contributed by atoms with E-state index in [1.165, 1.54) is 19.2 Å². The highest BCUT2D eigenvalue weighted by molar-refractivity contribution is 5.94. The van der Waals surface area contributed by atoms with E-state index in [-0.39, 0.29) is 11.6 Å². The van der Waals surface area contributed by atoms with Crippen LogP contribution in [0.1, 0.15) is 34.8 Å². The Hall–Kier alpha value is -2.60. The van der Waals surface area contributed by atoms with Crippen molar-refractivity contribution >= 4 is 5.91 Å². The second-order valence-electron chi connectivity index (χ2n) is 6.56. The number of carbonyl (C=O) groups excluding carboxylic acids is 1. The first-order chi connectivity index (χ1) is 13.1. The van der Waals surface area contributed by atoms with E-state index in [2.05, 4.69) is 10.2 Å². The molecule has 0 spiro atoms. The molecule has 0 saturated carbocycles. The maximum absolute atomic E-state index is 14.2. The van der Waals surface area contributed by atoms with Crippen LogP contribution >= 0.6 is 0 Å². The van der Waals surface area contributed by atoms with Crippen molar-refractivity contribution in [2.45, 2.75) is 18.9 Å². The first-order valence-electron chi connectivity index (χ1n) is 9.12. The number of para-hydroxylation sites is 1. The number of likely N-dealkylation sites (tertiary alicyclic amines) is 1. The van der Waals surface area contributed by atoms with Gasteiger partial charge in [-0.15, -0.1) is 0 Å². The number of rotatable bonds is 7. The molecule has 5 nitrogen and oxygen atoms in total. The van der Waals surface area contributed by atoms with Crippen LogP contribution in [-0.4, -0.2) is 44.7 Å². The Bertz CT molecular complexity index is 791. The molecular formula is C21H25FN2O3. The van der Waals surface area contributed by atoms with Crippen LogP contribution in [0.25, 0.3) is 0 Å². The van der Waals surface area contributed by atoms with Gasteiger partial charge < -0.3 is 14.8 Å². The smallest absolute Gasteiger partial charge is 0.254 e. The number of halogens is 1. The van der Waals surface area contributed by atoms with Gasteiger partial charge in [0.25, 0.3) is 5.91 Å². The van der Waals surface area contributed by atoms with Crippen molar-refractivity contribution in [2.75, 3.05) is 33.9 Å². The minimum Gasteiger partial charge on any atom is -0.497 e. The topological polar surface area (TPSA) is 50.8 Å². The van der Waals surface area contributed by atoms with E-state index in [1.807, 2.05) is 24.3 Å². The first-order valence-corrected chi connectivity index (χ1v) is 9.12. The summed E-state index contributed by atoms with van der Waals surface area (Å²) in [5, 5.41) is 2.89. The second-order valence-corrected chi connectivity index (χ2v) is 6.56. The predicted molar refractivity (Wildman–Crippen MR) is 102 cm³/mol. The summed E-state index contributed by atoms with van der Waals surface area (Å²) in [7, 11) is 3.10. The molecule has 0 bridgehead atoms. The van der Waals surface area contributed by atoms with Gasteiger partial charge in [0.05, 0.1) is 25.8 Å². The molecule has 1 N–H and O–H groups in total. The predicted octanol–water partition coefficient (Wildman–Crippen LogP) is 3.41. The molecule has 0 aliphatic carbocycles. The molecule has 1 fully saturated rings. The third-order valence-electron chi connectivity index (χ3n) is 4.96. The van der Waals surface area contributed by atoms with Gasteiger partial charge in [-0.25, -0.2) is 4.39 Å². The van der Waals surface area contributed by atoms with E-state index >= 15 is 0 Å². The summed E-state index contributed by atoms with van der Waals surface area (Å²) < 4.78 is 24.7. The summed E-state index contributed by atoms with van der Waals surface area (Å²) in [5.41, 5.74) is 1.04. The number of ether oxygens (including phenoxy) is 2. The minimum atomic E-state index is -0.595. The van der Waals surface area contributed by atoms with Gasteiger partial charge in [-0.1, -0.05) is 18.2 Å². The van der Waals surface area contributed by atoms with E-state index in [1.54, 1.807) is 13.2 Å². The Morgan fingerprint density at radius 1 is 1.15 bits per heavy atom. The number of benzene rings is 2. The van der Waals surface area contributed by atoms with Crippen molar-refractivity contribution in [3.63, 3.8) is 0 Å². The summed E-state index contributed by atoms with van der Waals surface area (Å²) in [4.78, 5) is 14.9. The molecule has 2 aromatic rings. The van der Waals surface area contributed by atoms with Crippen molar-refractivity contribution in [3.8, 4) is 11.5 Å². The van der Waals surface area contributed by atoms with E-state index in [0.29, 0.717) is 12.3 Å². The molecular weight excluding hydrogens is 347 g/mol. The number of hydrogen-bond donors (Lipinski definition) is 1. The molecule has 1 atom stereocenters. The molecule has 0 radical (unpaired) electrons. The van der Waals surface area contributed by atoms with Gasteiger partial charge in [-0.3, -0.25) is 9.69 Å². The van der Waals surface area contributed by atoms with E-state index in [9.17, 15) is 9.18 Å². The van der Waals surface area contributed by atoms with E-state index in [4.69, 9.17) is 9.47 Å². The highest BCUT2D eigenvalue weighted by Crippen LogP contribution is 2.31. The van der Waals surface area contributed by atoms with Gasteiger partial charge in [0.2, 0.25) is 0 Å². The SMILES string of the molecule is COc1ccc(C(=O)NCC(c2ccccc2OC)N2CCCC2)c(F)c1. The molecule has 2 aromatic carbocycles. The fourth-order valence-electron chi connectivity index (χ4n) is 3.52. The van der Waals surface area contributed by atoms with Crippen molar-refractivity contribution in [1.82, 2.24) is 10.2 Å². The highest BCUT2D eigenvalue weighted by atomic mass is 19.1. The molecule has 27 heavy (non-hydrogen) atoms. The summed E-state index contributed by atoms with van der Waals surface area (Å²) in [6, 6.07) is 12.0. The molecule has 1 heterocycles. The number of nitrogens with zero attached hydrogens (tertiary/aromatic N) is 1. The molecule has 6 heteroatoms. The van der Waals surface area contributed by atoms with Crippen LogP contribution in [0.4, 0.5) is 4.39 Å². The van der Waals surface area contributed by atoms with Crippen LogP contribution in [0.3, 0.4) is 0 Å². The monoisotopic (exact) mass is 372 g/mol. The lowest BCUT2D eigenvalue weighted by atomic mass is 10.0. The van der Waals surface area contributed by atoms with Gasteiger partial charge in [0, 0.05) is 18.2 Å². The molecule has 0 aromatic heterocycles. The van der Waals surface area contributed by atoms with Crippen molar-refractivity contribution in [2.24, 2.45) is 0 Å².